The number of nitrogens with one attached hydrogen (secondary N) is 1. The Labute approximate surface area is 247 Å². The van der Waals surface area contributed by atoms with Gasteiger partial charge in [0.25, 0.3) is 11.8 Å². The van der Waals surface area contributed by atoms with Gasteiger partial charge in [-0.25, -0.2) is 0 Å². The van der Waals surface area contributed by atoms with Crippen LogP contribution in [0.1, 0.15) is 72.5 Å². The van der Waals surface area contributed by atoms with Gasteiger partial charge >= 0.3 is 0 Å². The molecular weight excluding hydrogens is 524 g/mol. The second-order valence-electron chi connectivity index (χ2n) is 13.1. The van der Waals surface area contributed by atoms with Crippen molar-refractivity contribution in [3.05, 3.63) is 100.0 Å². The molecule has 1 N–H and O–H groups in total. The fourth-order valence-corrected chi connectivity index (χ4v) is 9.49. The van der Waals surface area contributed by atoms with Gasteiger partial charge in [-0.15, -0.1) is 0 Å². The lowest BCUT2D eigenvalue weighted by atomic mass is 9.48. The van der Waals surface area contributed by atoms with Crippen LogP contribution in [0.5, 0.6) is 0 Å². The van der Waals surface area contributed by atoms with Crippen LogP contribution in [-0.2, 0) is 11.3 Å². The quantitative estimate of drug-likeness (QED) is 0.310. The summed E-state index contributed by atoms with van der Waals surface area (Å²) in [7, 11) is 0. The first-order chi connectivity index (χ1) is 19.8. The SMILES string of the molecule is Cc1cccc(CN2C(=O)/C(=C\c3ccc(C(=O)N[C@H](C)C45CC6CC(CC(C6)C4)C5)cc3)Sc3ccccc32)c1. The van der Waals surface area contributed by atoms with Crippen LogP contribution in [0.4, 0.5) is 5.69 Å². The second-order valence-corrected chi connectivity index (χ2v) is 14.1. The van der Waals surface area contributed by atoms with Crippen molar-refractivity contribution in [1.29, 1.82) is 0 Å². The maximum atomic E-state index is 13.7. The highest BCUT2D eigenvalue weighted by molar-refractivity contribution is 8.04. The van der Waals surface area contributed by atoms with E-state index in [2.05, 4.69) is 43.4 Å². The molecule has 5 aliphatic rings. The normalized spacial score (nSPS) is 28.0. The van der Waals surface area contributed by atoms with Crippen molar-refractivity contribution in [2.24, 2.45) is 23.2 Å². The van der Waals surface area contributed by atoms with Gasteiger partial charge in [0.15, 0.2) is 0 Å². The average Bonchev–Trinajstić information content (AvgIpc) is 2.95. The summed E-state index contributed by atoms with van der Waals surface area (Å²) in [6.45, 7) is 4.83. The summed E-state index contributed by atoms with van der Waals surface area (Å²) in [6, 6.07) is 24.3. The summed E-state index contributed by atoms with van der Waals surface area (Å²) in [4.78, 5) is 30.6. The Morgan fingerprint density at radius 1 is 0.976 bits per heavy atom. The average molecular weight is 563 g/mol. The Morgan fingerprint density at radius 2 is 1.66 bits per heavy atom. The van der Waals surface area contributed by atoms with E-state index < -0.39 is 0 Å². The Balaban J connectivity index is 1.07. The van der Waals surface area contributed by atoms with E-state index in [0.29, 0.717) is 17.0 Å². The minimum absolute atomic E-state index is 0.00132. The van der Waals surface area contributed by atoms with Gasteiger partial charge in [0, 0.05) is 16.5 Å². The van der Waals surface area contributed by atoms with Crippen LogP contribution in [0.15, 0.2) is 82.6 Å². The lowest BCUT2D eigenvalue weighted by Gasteiger charge is -2.59. The van der Waals surface area contributed by atoms with Gasteiger partial charge in [0.2, 0.25) is 0 Å². The summed E-state index contributed by atoms with van der Waals surface area (Å²) >= 11 is 1.51. The first kappa shape index (κ1) is 26.6. The monoisotopic (exact) mass is 562 g/mol. The molecule has 1 aliphatic heterocycles. The van der Waals surface area contributed by atoms with E-state index in [1.807, 2.05) is 59.5 Å². The minimum Gasteiger partial charge on any atom is -0.349 e. The van der Waals surface area contributed by atoms with Crippen molar-refractivity contribution in [1.82, 2.24) is 5.32 Å². The number of amides is 2. The molecule has 0 unspecified atom stereocenters. The van der Waals surface area contributed by atoms with Crippen LogP contribution in [0, 0.1) is 30.1 Å². The maximum Gasteiger partial charge on any atom is 0.265 e. The first-order valence-corrected chi connectivity index (χ1v) is 15.9. The molecule has 4 saturated carbocycles. The van der Waals surface area contributed by atoms with Crippen molar-refractivity contribution in [2.75, 3.05) is 4.90 Å². The molecule has 0 aromatic heterocycles. The lowest BCUT2D eigenvalue weighted by molar-refractivity contribution is -0.114. The third-order valence-electron chi connectivity index (χ3n) is 10.1. The Morgan fingerprint density at radius 3 is 2.34 bits per heavy atom. The summed E-state index contributed by atoms with van der Waals surface area (Å²) in [6.07, 6.45) is 10.0. The standard InChI is InChI=1S/C36H38N2O2S/c1-23-6-5-7-26(14-23)22-38-31-8-3-4-9-32(31)41-33(35(38)40)18-25-10-12-30(13-11-25)34(39)37-24(2)36-19-27-15-28(20-36)17-29(16-27)21-36/h3-14,18,24,27-29H,15-17,19-22H2,1-2H3,(H,37,39)/b33-18+/t24-,27?,28?,29?,36?/m1/s1. The molecule has 4 nitrogen and oxygen atoms in total. The molecule has 3 aromatic rings. The number of para-hydroxylation sites is 1. The number of carbonyl (C=O) groups is 2. The molecule has 0 saturated heterocycles. The van der Waals surface area contributed by atoms with Crippen LogP contribution in [-0.4, -0.2) is 17.9 Å². The molecule has 5 heteroatoms. The smallest absolute Gasteiger partial charge is 0.265 e. The molecule has 1 heterocycles. The van der Waals surface area contributed by atoms with Gasteiger partial charge in [-0.1, -0.05) is 65.9 Å². The molecule has 2 amide bonds. The zero-order valence-electron chi connectivity index (χ0n) is 23.9. The maximum absolute atomic E-state index is 13.7. The van der Waals surface area contributed by atoms with E-state index >= 15 is 0 Å². The Bertz CT molecular complexity index is 1490. The highest BCUT2D eigenvalue weighted by Crippen LogP contribution is 2.61. The summed E-state index contributed by atoms with van der Waals surface area (Å²) < 4.78 is 0. The summed E-state index contributed by atoms with van der Waals surface area (Å²) in [5.74, 6) is 2.62. The van der Waals surface area contributed by atoms with E-state index in [-0.39, 0.29) is 23.3 Å². The molecule has 1 atom stereocenters. The van der Waals surface area contributed by atoms with E-state index in [4.69, 9.17) is 0 Å². The zero-order chi connectivity index (χ0) is 28.1. The topological polar surface area (TPSA) is 49.4 Å². The van der Waals surface area contributed by atoms with E-state index in [1.54, 1.807) is 0 Å². The predicted octanol–water partition coefficient (Wildman–Crippen LogP) is 8.01. The van der Waals surface area contributed by atoms with Crippen LogP contribution in [0.25, 0.3) is 6.08 Å². The number of fused-ring (bicyclic) bond motifs is 1. The number of hydrogen-bond donors (Lipinski definition) is 1. The molecule has 4 bridgehead atoms. The molecule has 210 valence electrons. The van der Waals surface area contributed by atoms with Crippen LogP contribution >= 0.6 is 11.8 Å². The number of hydrogen-bond acceptors (Lipinski definition) is 3. The van der Waals surface area contributed by atoms with Crippen molar-refractivity contribution in [2.45, 2.75) is 69.9 Å². The van der Waals surface area contributed by atoms with Gasteiger partial charge < -0.3 is 10.2 Å². The molecular formula is C36H38N2O2S. The van der Waals surface area contributed by atoms with Gasteiger partial charge in [0.05, 0.1) is 17.1 Å². The Kier molecular flexibility index (Phi) is 6.81. The number of aryl methyl sites for hydroxylation is 1. The highest BCUT2D eigenvalue weighted by Gasteiger charge is 2.53. The number of anilines is 1. The van der Waals surface area contributed by atoms with Gasteiger partial charge in [-0.2, -0.15) is 0 Å². The minimum atomic E-state index is 0.00132. The molecule has 4 aliphatic carbocycles. The van der Waals surface area contributed by atoms with Crippen molar-refractivity contribution < 1.29 is 9.59 Å². The second kappa shape index (κ2) is 10.5. The third kappa shape index (κ3) is 5.14. The molecule has 4 fully saturated rings. The lowest BCUT2D eigenvalue weighted by Crippen LogP contribution is -2.55. The molecule has 3 aromatic carbocycles. The highest BCUT2D eigenvalue weighted by atomic mass is 32.2. The largest absolute Gasteiger partial charge is 0.349 e. The van der Waals surface area contributed by atoms with Crippen LogP contribution < -0.4 is 10.2 Å². The van der Waals surface area contributed by atoms with Gasteiger partial charge in [0.1, 0.15) is 0 Å². The molecule has 0 spiro atoms. The number of thioether (sulfide) groups is 1. The first-order valence-electron chi connectivity index (χ1n) is 15.1. The fraction of sp³-hybridized carbons (Fsp3) is 0.389. The van der Waals surface area contributed by atoms with Gasteiger partial charge in [-0.3, -0.25) is 9.59 Å². The molecule has 8 rings (SSSR count). The molecule has 41 heavy (non-hydrogen) atoms. The number of benzene rings is 3. The fourth-order valence-electron chi connectivity index (χ4n) is 8.44. The van der Waals surface area contributed by atoms with E-state index in [1.165, 1.54) is 55.9 Å². The summed E-state index contributed by atoms with van der Waals surface area (Å²) in [5.41, 5.74) is 5.12. The van der Waals surface area contributed by atoms with E-state index in [9.17, 15) is 9.59 Å². The zero-order valence-corrected chi connectivity index (χ0v) is 24.8. The predicted molar refractivity (Wildman–Crippen MR) is 167 cm³/mol. The Hall–Kier alpha value is -3.31. The number of nitrogens with zero attached hydrogens (tertiary/aromatic N) is 1. The van der Waals surface area contributed by atoms with Gasteiger partial charge in [-0.05, 0) is 117 Å². The van der Waals surface area contributed by atoms with Crippen LogP contribution in [0.2, 0.25) is 0 Å². The van der Waals surface area contributed by atoms with E-state index in [0.717, 1.165) is 39.5 Å². The molecule has 0 radical (unpaired) electrons. The summed E-state index contributed by atoms with van der Waals surface area (Å²) in [5, 5.41) is 3.39. The third-order valence-corrected chi connectivity index (χ3v) is 11.2. The van der Waals surface area contributed by atoms with Crippen LogP contribution in [0.3, 0.4) is 0 Å². The van der Waals surface area contributed by atoms with Crippen molar-refractivity contribution in [3.8, 4) is 0 Å². The number of rotatable bonds is 6. The van der Waals surface area contributed by atoms with Crippen molar-refractivity contribution in [3.63, 3.8) is 0 Å². The van der Waals surface area contributed by atoms with Crippen molar-refractivity contribution >= 4 is 35.3 Å². The number of carbonyl (C=O) groups excluding carboxylic acids is 2.